The highest BCUT2D eigenvalue weighted by molar-refractivity contribution is 7.92. The summed E-state index contributed by atoms with van der Waals surface area (Å²) in [6.45, 7) is 3.54. The maximum atomic E-state index is 12.7. The number of hydrogen-bond donors (Lipinski definition) is 1. The van der Waals surface area contributed by atoms with Crippen molar-refractivity contribution in [3.63, 3.8) is 0 Å². The van der Waals surface area contributed by atoms with Crippen LogP contribution in [0.1, 0.15) is 13.8 Å². The van der Waals surface area contributed by atoms with Gasteiger partial charge in [-0.2, -0.15) is 0 Å². The highest BCUT2D eigenvalue weighted by Gasteiger charge is 2.29. The second kappa shape index (κ2) is 9.84. The molecule has 29 heavy (non-hydrogen) atoms. The number of carbonyl (C=O) groups is 1. The molecule has 0 saturated carbocycles. The monoisotopic (exact) mass is 440 g/mol. The van der Waals surface area contributed by atoms with Crippen molar-refractivity contribution in [3.8, 4) is 11.5 Å². The van der Waals surface area contributed by atoms with Crippen molar-refractivity contribution < 1.29 is 22.7 Å². The van der Waals surface area contributed by atoms with E-state index in [0.717, 1.165) is 16.3 Å². The van der Waals surface area contributed by atoms with E-state index in [2.05, 4.69) is 5.32 Å². The summed E-state index contributed by atoms with van der Waals surface area (Å²) in [7, 11) is -2.10. The molecule has 158 valence electrons. The number of carbonyl (C=O) groups excluding carboxylic acids is 1. The molecule has 0 aliphatic heterocycles. The standard InChI is InChI=1S/C20H25ClN2O5S/c1-14(13-28-19-11-9-18(27-3)10-12-19)22-20(24)15(2)23(29(4,25)26)17-7-5-16(21)6-8-17/h5-12,14-15H,13H2,1-4H3,(H,22,24)/t14-,15-/m1/s1. The Morgan fingerprint density at radius 3 is 2.14 bits per heavy atom. The molecule has 0 spiro atoms. The fourth-order valence-corrected chi connectivity index (χ4v) is 4.00. The summed E-state index contributed by atoms with van der Waals surface area (Å²) >= 11 is 5.88. The third kappa shape index (κ3) is 6.54. The van der Waals surface area contributed by atoms with Gasteiger partial charge in [0.15, 0.2) is 0 Å². The lowest BCUT2D eigenvalue weighted by molar-refractivity contribution is -0.122. The number of rotatable bonds is 9. The molecule has 2 aromatic carbocycles. The first kappa shape index (κ1) is 22.8. The highest BCUT2D eigenvalue weighted by atomic mass is 35.5. The molecule has 0 aliphatic carbocycles. The first-order chi connectivity index (χ1) is 13.6. The number of hydrogen-bond acceptors (Lipinski definition) is 5. The molecule has 7 nitrogen and oxygen atoms in total. The smallest absolute Gasteiger partial charge is 0.243 e. The number of ether oxygens (including phenoxy) is 2. The van der Waals surface area contributed by atoms with Gasteiger partial charge in [0.1, 0.15) is 24.1 Å². The lowest BCUT2D eigenvalue weighted by atomic mass is 10.2. The molecule has 0 heterocycles. The average molecular weight is 441 g/mol. The minimum atomic E-state index is -3.69. The van der Waals surface area contributed by atoms with Crippen LogP contribution >= 0.6 is 11.6 Å². The number of amides is 1. The van der Waals surface area contributed by atoms with Gasteiger partial charge >= 0.3 is 0 Å². The summed E-state index contributed by atoms with van der Waals surface area (Å²) in [5, 5.41) is 3.26. The average Bonchev–Trinajstić information content (AvgIpc) is 2.67. The van der Waals surface area contributed by atoms with Crippen molar-refractivity contribution >= 4 is 33.2 Å². The van der Waals surface area contributed by atoms with Gasteiger partial charge < -0.3 is 14.8 Å². The molecule has 2 aromatic rings. The van der Waals surface area contributed by atoms with E-state index in [4.69, 9.17) is 21.1 Å². The van der Waals surface area contributed by atoms with Gasteiger partial charge in [-0.1, -0.05) is 11.6 Å². The first-order valence-electron chi connectivity index (χ1n) is 8.94. The predicted octanol–water partition coefficient (Wildman–Crippen LogP) is 3.09. The van der Waals surface area contributed by atoms with Crippen LogP contribution in [0.2, 0.25) is 5.02 Å². The van der Waals surface area contributed by atoms with Gasteiger partial charge in [0.25, 0.3) is 0 Å². The molecule has 0 unspecified atom stereocenters. The van der Waals surface area contributed by atoms with Crippen molar-refractivity contribution in [2.45, 2.75) is 25.9 Å². The minimum Gasteiger partial charge on any atom is -0.497 e. The van der Waals surface area contributed by atoms with Gasteiger partial charge in [-0.25, -0.2) is 8.42 Å². The molecule has 9 heteroatoms. The number of sulfonamides is 1. The van der Waals surface area contributed by atoms with Crippen molar-refractivity contribution in [1.29, 1.82) is 0 Å². The Balaban J connectivity index is 2.01. The van der Waals surface area contributed by atoms with Crippen molar-refractivity contribution in [1.82, 2.24) is 5.32 Å². The van der Waals surface area contributed by atoms with Crippen molar-refractivity contribution in [3.05, 3.63) is 53.6 Å². The first-order valence-corrected chi connectivity index (χ1v) is 11.2. The fourth-order valence-electron chi connectivity index (χ4n) is 2.70. The normalized spacial score (nSPS) is 13.3. The van der Waals surface area contributed by atoms with Gasteiger partial charge in [-0.15, -0.1) is 0 Å². The Bertz CT molecular complexity index is 917. The molecule has 0 bridgehead atoms. The summed E-state index contributed by atoms with van der Waals surface area (Å²) in [6.07, 6.45) is 1.06. The van der Waals surface area contributed by atoms with Crippen LogP contribution in [0.4, 0.5) is 5.69 Å². The number of methoxy groups -OCH3 is 1. The summed E-state index contributed by atoms with van der Waals surface area (Å²) in [4.78, 5) is 12.7. The molecule has 2 rings (SSSR count). The van der Waals surface area contributed by atoms with Crippen molar-refractivity contribution in [2.75, 3.05) is 24.3 Å². The molecular weight excluding hydrogens is 416 g/mol. The third-order valence-electron chi connectivity index (χ3n) is 4.12. The minimum absolute atomic E-state index is 0.227. The van der Waals surface area contributed by atoms with Crippen molar-refractivity contribution in [2.24, 2.45) is 0 Å². The number of nitrogens with zero attached hydrogens (tertiary/aromatic N) is 1. The maximum absolute atomic E-state index is 12.7. The van der Waals surface area contributed by atoms with E-state index in [-0.39, 0.29) is 12.6 Å². The van der Waals surface area contributed by atoms with E-state index in [9.17, 15) is 13.2 Å². The van der Waals surface area contributed by atoms with E-state index in [1.54, 1.807) is 62.6 Å². The second-order valence-electron chi connectivity index (χ2n) is 6.61. The molecule has 0 saturated heterocycles. The number of anilines is 1. The van der Waals surface area contributed by atoms with Gasteiger partial charge in [0, 0.05) is 5.02 Å². The van der Waals surface area contributed by atoms with Gasteiger partial charge in [0.05, 0.1) is 25.1 Å². The molecule has 0 aromatic heterocycles. The summed E-state index contributed by atoms with van der Waals surface area (Å²) in [6, 6.07) is 12.1. The van der Waals surface area contributed by atoms with Gasteiger partial charge in [-0.05, 0) is 62.4 Å². The number of halogens is 1. The molecule has 2 atom stereocenters. The topological polar surface area (TPSA) is 84.9 Å². The van der Waals surface area contributed by atoms with E-state index in [1.807, 2.05) is 0 Å². The van der Waals surface area contributed by atoms with Gasteiger partial charge in [-0.3, -0.25) is 9.10 Å². The summed E-state index contributed by atoms with van der Waals surface area (Å²) in [5.74, 6) is 0.922. The zero-order valence-corrected chi connectivity index (χ0v) is 18.3. The predicted molar refractivity (Wildman–Crippen MR) is 114 cm³/mol. The van der Waals surface area contributed by atoms with Crippen LogP contribution in [0.5, 0.6) is 11.5 Å². The molecule has 1 N–H and O–H groups in total. The fraction of sp³-hybridized carbons (Fsp3) is 0.350. The molecular formula is C20H25ClN2O5S. The Kier molecular flexibility index (Phi) is 7.75. The molecule has 0 fully saturated rings. The van der Waals surface area contributed by atoms with Crippen LogP contribution in [0.25, 0.3) is 0 Å². The lowest BCUT2D eigenvalue weighted by Gasteiger charge is -2.29. The number of nitrogens with one attached hydrogen (secondary N) is 1. The second-order valence-corrected chi connectivity index (χ2v) is 8.90. The highest BCUT2D eigenvalue weighted by Crippen LogP contribution is 2.23. The van der Waals surface area contributed by atoms with E-state index < -0.39 is 22.0 Å². The molecule has 0 radical (unpaired) electrons. The van der Waals surface area contributed by atoms with Crippen LogP contribution in [-0.2, 0) is 14.8 Å². The largest absolute Gasteiger partial charge is 0.497 e. The Morgan fingerprint density at radius 2 is 1.62 bits per heavy atom. The van der Waals surface area contributed by atoms with E-state index >= 15 is 0 Å². The van der Waals surface area contributed by atoms with Crippen LogP contribution in [0.15, 0.2) is 48.5 Å². The third-order valence-corrected chi connectivity index (χ3v) is 5.61. The lowest BCUT2D eigenvalue weighted by Crippen LogP contribution is -2.50. The SMILES string of the molecule is COc1ccc(OC[C@@H](C)NC(=O)[C@@H](C)N(c2ccc(Cl)cc2)S(C)(=O)=O)cc1. The van der Waals surface area contributed by atoms with Crippen LogP contribution < -0.4 is 19.1 Å². The Morgan fingerprint density at radius 1 is 1.07 bits per heavy atom. The molecule has 1 amide bonds. The molecule has 0 aliphatic rings. The number of benzene rings is 2. The van der Waals surface area contributed by atoms with E-state index in [0.29, 0.717) is 16.5 Å². The Labute approximate surface area is 176 Å². The summed E-state index contributed by atoms with van der Waals surface area (Å²) < 4.78 is 36.4. The zero-order chi connectivity index (χ0) is 21.6. The van der Waals surface area contributed by atoms with Crippen LogP contribution in [0.3, 0.4) is 0 Å². The quantitative estimate of drug-likeness (QED) is 0.647. The zero-order valence-electron chi connectivity index (χ0n) is 16.8. The van der Waals surface area contributed by atoms with Crippen LogP contribution in [0, 0.1) is 0 Å². The van der Waals surface area contributed by atoms with Gasteiger partial charge in [0.2, 0.25) is 15.9 Å². The summed E-state index contributed by atoms with van der Waals surface area (Å²) in [5.41, 5.74) is 0.363. The Hall–Kier alpha value is -2.45. The maximum Gasteiger partial charge on any atom is 0.243 e. The van der Waals surface area contributed by atoms with E-state index in [1.165, 1.54) is 6.92 Å². The van der Waals surface area contributed by atoms with Crippen LogP contribution in [-0.4, -0.2) is 46.4 Å².